The number of guanidine groups is 1. The van der Waals surface area contributed by atoms with E-state index in [1.165, 1.54) is 30.0 Å². The van der Waals surface area contributed by atoms with Crippen molar-refractivity contribution in [1.29, 1.82) is 0 Å². The molecule has 0 aliphatic carbocycles. The second-order valence-corrected chi connectivity index (χ2v) is 6.41. The molecule has 2 aromatic rings. The number of hydrogen-bond acceptors (Lipinski definition) is 7. The number of halogens is 2. The number of benzene rings is 1. The molecular weight excluding hydrogens is 417 g/mol. The maximum absolute atomic E-state index is 13.3. The standard InChI is InChI=1S/C13H15BrFN7O2S/c1-17-13(16)18-4-5-25-12-10(21-24-22-12)11(20-23)19-7-2-3-9(15)8(14)6-7/h2-3,6,23H,4-5H2,1H3,(H,19,20)(H3,16,17,18). The molecule has 0 fully saturated rings. The Labute approximate surface area is 155 Å². The number of rotatable bonds is 6. The van der Waals surface area contributed by atoms with Gasteiger partial charge in [-0.05, 0) is 44.4 Å². The number of nitrogens with one attached hydrogen (secondary N) is 2. The topological polar surface area (TPSA) is 134 Å². The van der Waals surface area contributed by atoms with Crippen molar-refractivity contribution in [3.63, 3.8) is 0 Å². The summed E-state index contributed by atoms with van der Waals surface area (Å²) in [6, 6.07) is 4.16. The lowest BCUT2D eigenvalue weighted by Crippen LogP contribution is -2.33. The zero-order valence-electron chi connectivity index (χ0n) is 13.0. The van der Waals surface area contributed by atoms with E-state index in [0.717, 1.165) is 0 Å². The smallest absolute Gasteiger partial charge is 0.188 e. The average Bonchev–Trinajstić information content (AvgIpc) is 3.07. The van der Waals surface area contributed by atoms with Crippen LogP contribution in [-0.2, 0) is 0 Å². The molecule has 9 nitrogen and oxygen atoms in total. The quantitative estimate of drug-likeness (QED) is 0.178. The Hall–Kier alpha value is -2.18. The summed E-state index contributed by atoms with van der Waals surface area (Å²) in [5, 5.41) is 20.2. The van der Waals surface area contributed by atoms with Crippen molar-refractivity contribution in [1.82, 2.24) is 21.1 Å². The van der Waals surface area contributed by atoms with Crippen molar-refractivity contribution < 1.29 is 14.2 Å². The Morgan fingerprint density at radius 2 is 2.28 bits per heavy atom. The summed E-state index contributed by atoms with van der Waals surface area (Å²) in [6.07, 6.45) is 0. The lowest BCUT2D eigenvalue weighted by atomic mass is 10.3. The molecule has 1 aromatic carbocycles. The molecule has 0 aliphatic heterocycles. The molecule has 0 saturated carbocycles. The van der Waals surface area contributed by atoms with Gasteiger partial charge in [0.25, 0.3) is 0 Å². The Kier molecular flexibility index (Phi) is 7.16. The zero-order chi connectivity index (χ0) is 18.2. The molecule has 2 rings (SSSR count). The molecule has 0 amide bonds. The van der Waals surface area contributed by atoms with E-state index >= 15 is 0 Å². The highest BCUT2D eigenvalue weighted by atomic mass is 79.9. The van der Waals surface area contributed by atoms with E-state index < -0.39 is 5.82 Å². The first-order valence-corrected chi connectivity index (χ1v) is 8.68. The van der Waals surface area contributed by atoms with Crippen LogP contribution in [0.2, 0.25) is 0 Å². The SMILES string of the molecule is CN=C(N)NCCSc1nonc1C(=Nc1ccc(F)c(Br)c1)NO. The predicted octanol–water partition coefficient (Wildman–Crippen LogP) is 1.65. The highest BCUT2D eigenvalue weighted by Crippen LogP contribution is 2.24. The van der Waals surface area contributed by atoms with Gasteiger partial charge in [-0.1, -0.05) is 11.8 Å². The van der Waals surface area contributed by atoms with Crippen LogP contribution in [0.4, 0.5) is 10.1 Å². The van der Waals surface area contributed by atoms with E-state index in [-0.39, 0.29) is 16.0 Å². The Morgan fingerprint density at radius 1 is 1.48 bits per heavy atom. The van der Waals surface area contributed by atoms with Gasteiger partial charge in [0.1, 0.15) is 5.82 Å². The second-order valence-electron chi connectivity index (χ2n) is 4.47. The lowest BCUT2D eigenvalue weighted by molar-refractivity contribution is 0.234. The maximum Gasteiger partial charge on any atom is 0.188 e. The first-order chi connectivity index (χ1) is 12.0. The molecule has 134 valence electrons. The van der Waals surface area contributed by atoms with Gasteiger partial charge in [-0.3, -0.25) is 15.7 Å². The van der Waals surface area contributed by atoms with Crippen molar-refractivity contribution in [2.24, 2.45) is 15.7 Å². The normalized spacial score (nSPS) is 12.3. The van der Waals surface area contributed by atoms with Gasteiger partial charge >= 0.3 is 0 Å². The third kappa shape index (κ3) is 5.41. The molecular formula is C13H15BrFN7O2S. The molecule has 1 aromatic heterocycles. The monoisotopic (exact) mass is 431 g/mol. The molecule has 0 radical (unpaired) electrons. The van der Waals surface area contributed by atoms with Gasteiger partial charge in [0.2, 0.25) is 0 Å². The van der Waals surface area contributed by atoms with Gasteiger partial charge in [0, 0.05) is 19.3 Å². The number of aliphatic imine (C=N–C) groups is 2. The number of hydroxylamine groups is 1. The maximum atomic E-state index is 13.3. The predicted molar refractivity (Wildman–Crippen MR) is 95.8 cm³/mol. The summed E-state index contributed by atoms with van der Waals surface area (Å²) in [5.41, 5.74) is 8.11. The highest BCUT2D eigenvalue weighted by Gasteiger charge is 2.17. The minimum absolute atomic E-state index is 0.0184. The van der Waals surface area contributed by atoms with Gasteiger partial charge < -0.3 is 11.1 Å². The van der Waals surface area contributed by atoms with Gasteiger partial charge in [-0.15, -0.1) is 0 Å². The van der Waals surface area contributed by atoms with E-state index in [2.05, 4.69) is 41.5 Å². The molecule has 0 unspecified atom stereocenters. The number of hydrogen-bond donors (Lipinski definition) is 4. The van der Waals surface area contributed by atoms with E-state index in [1.807, 2.05) is 5.48 Å². The van der Waals surface area contributed by atoms with E-state index in [4.69, 9.17) is 10.4 Å². The summed E-state index contributed by atoms with van der Waals surface area (Å²) >= 11 is 4.40. The van der Waals surface area contributed by atoms with Crippen molar-refractivity contribution in [3.05, 3.63) is 34.2 Å². The van der Waals surface area contributed by atoms with Crippen LogP contribution in [0, 0.1) is 5.82 Å². The largest absolute Gasteiger partial charge is 0.370 e. The van der Waals surface area contributed by atoms with Gasteiger partial charge in [0.15, 0.2) is 22.5 Å². The Bertz CT molecular complexity index is 783. The fraction of sp³-hybridized carbons (Fsp3) is 0.231. The number of thioether (sulfide) groups is 1. The van der Waals surface area contributed by atoms with E-state index in [0.29, 0.717) is 29.0 Å². The number of amidine groups is 1. The summed E-state index contributed by atoms with van der Waals surface area (Å²) in [7, 11) is 1.58. The molecule has 0 aliphatic rings. The van der Waals surface area contributed by atoms with Crippen molar-refractivity contribution in [3.8, 4) is 0 Å². The minimum Gasteiger partial charge on any atom is -0.370 e. The van der Waals surface area contributed by atoms with Crippen molar-refractivity contribution in [2.45, 2.75) is 5.03 Å². The summed E-state index contributed by atoms with van der Waals surface area (Å²) in [4.78, 5) is 7.96. The molecule has 25 heavy (non-hydrogen) atoms. The highest BCUT2D eigenvalue weighted by molar-refractivity contribution is 9.10. The Morgan fingerprint density at radius 3 is 2.96 bits per heavy atom. The van der Waals surface area contributed by atoms with Crippen LogP contribution in [0.15, 0.2) is 42.3 Å². The van der Waals surface area contributed by atoms with Crippen molar-refractivity contribution >= 4 is 45.2 Å². The first-order valence-electron chi connectivity index (χ1n) is 6.91. The zero-order valence-corrected chi connectivity index (χ0v) is 15.4. The van der Waals surface area contributed by atoms with Crippen LogP contribution in [0.1, 0.15) is 5.69 Å². The first kappa shape index (κ1) is 19.1. The summed E-state index contributed by atoms with van der Waals surface area (Å²) in [5.74, 6) is 0.530. The summed E-state index contributed by atoms with van der Waals surface area (Å²) < 4.78 is 18.3. The fourth-order valence-electron chi connectivity index (χ4n) is 1.64. The molecule has 12 heteroatoms. The van der Waals surface area contributed by atoms with Crippen LogP contribution in [0.5, 0.6) is 0 Å². The molecule has 5 N–H and O–H groups in total. The summed E-state index contributed by atoms with van der Waals surface area (Å²) in [6.45, 7) is 0.546. The van der Waals surface area contributed by atoms with Gasteiger partial charge in [0.05, 0.1) is 10.2 Å². The van der Waals surface area contributed by atoms with Crippen LogP contribution in [0.25, 0.3) is 0 Å². The lowest BCUT2D eigenvalue weighted by Gasteiger charge is -2.05. The third-order valence-electron chi connectivity index (χ3n) is 2.82. The molecule has 0 spiro atoms. The third-order valence-corrected chi connectivity index (χ3v) is 4.38. The number of nitrogens with two attached hydrogens (primary N) is 1. The van der Waals surface area contributed by atoms with Crippen molar-refractivity contribution in [2.75, 3.05) is 19.3 Å². The molecule has 0 saturated heterocycles. The van der Waals surface area contributed by atoms with Gasteiger partial charge in [-0.25, -0.2) is 14.0 Å². The molecule has 1 heterocycles. The molecule has 0 bridgehead atoms. The van der Waals surface area contributed by atoms with E-state index in [9.17, 15) is 9.60 Å². The minimum atomic E-state index is -0.417. The Balaban J connectivity index is 2.12. The number of aromatic nitrogens is 2. The van der Waals surface area contributed by atoms with Gasteiger partial charge in [-0.2, -0.15) is 0 Å². The van der Waals surface area contributed by atoms with Crippen LogP contribution in [-0.4, -0.2) is 46.7 Å². The second kappa shape index (κ2) is 9.34. The van der Waals surface area contributed by atoms with Crippen LogP contribution >= 0.6 is 27.7 Å². The fourth-order valence-corrected chi connectivity index (χ4v) is 2.76. The average molecular weight is 432 g/mol. The van der Waals surface area contributed by atoms with Crippen LogP contribution in [0.3, 0.4) is 0 Å². The number of nitrogens with zero attached hydrogens (tertiary/aromatic N) is 4. The van der Waals surface area contributed by atoms with Crippen LogP contribution < -0.4 is 16.5 Å². The molecule has 0 atom stereocenters. The van der Waals surface area contributed by atoms with E-state index in [1.54, 1.807) is 7.05 Å².